The van der Waals surface area contributed by atoms with Crippen molar-refractivity contribution in [2.45, 2.75) is 45.1 Å². The van der Waals surface area contributed by atoms with Gasteiger partial charge in [-0.2, -0.15) is 0 Å². The lowest BCUT2D eigenvalue weighted by Gasteiger charge is -2.26. The molecule has 0 radical (unpaired) electrons. The van der Waals surface area contributed by atoms with Crippen molar-refractivity contribution >= 4 is 5.91 Å². The molecular weight excluding hydrogens is 252 g/mol. The standard InChI is InChI=1S/C16H26N2O2/c1-5-6-14(17)15(19)18-11-16(2,3)12-7-9-13(20-4)10-8-12/h7-10,14H,5-6,11,17H2,1-4H3,(H,18,19). The maximum Gasteiger partial charge on any atom is 0.236 e. The number of hydrogen-bond acceptors (Lipinski definition) is 3. The first-order valence-corrected chi connectivity index (χ1v) is 7.08. The second-order valence-electron chi connectivity index (χ2n) is 5.73. The van der Waals surface area contributed by atoms with Gasteiger partial charge in [0, 0.05) is 12.0 Å². The highest BCUT2D eigenvalue weighted by molar-refractivity contribution is 5.81. The summed E-state index contributed by atoms with van der Waals surface area (Å²) in [5.74, 6) is 0.756. The molecular formula is C16H26N2O2. The van der Waals surface area contributed by atoms with Crippen LogP contribution in [0.2, 0.25) is 0 Å². The number of ether oxygens (including phenoxy) is 1. The largest absolute Gasteiger partial charge is 0.497 e. The minimum absolute atomic E-state index is 0.0755. The molecule has 0 aliphatic heterocycles. The third-order valence-electron chi connectivity index (χ3n) is 3.51. The Kier molecular flexibility index (Phi) is 6.02. The predicted molar refractivity (Wildman–Crippen MR) is 81.9 cm³/mol. The second-order valence-corrected chi connectivity index (χ2v) is 5.73. The van der Waals surface area contributed by atoms with Crippen molar-refractivity contribution in [3.05, 3.63) is 29.8 Å². The molecule has 0 aromatic heterocycles. The van der Waals surface area contributed by atoms with Gasteiger partial charge in [-0.15, -0.1) is 0 Å². The van der Waals surface area contributed by atoms with Gasteiger partial charge in [0.25, 0.3) is 0 Å². The Labute approximate surface area is 121 Å². The summed E-state index contributed by atoms with van der Waals surface area (Å²) in [5, 5.41) is 2.94. The molecule has 1 aromatic rings. The molecule has 0 spiro atoms. The van der Waals surface area contributed by atoms with E-state index in [2.05, 4.69) is 19.2 Å². The summed E-state index contributed by atoms with van der Waals surface area (Å²) in [7, 11) is 1.65. The minimum atomic E-state index is -0.410. The molecule has 0 saturated carbocycles. The Morgan fingerprint density at radius 2 is 1.95 bits per heavy atom. The van der Waals surface area contributed by atoms with E-state index in [1.165, 1.54) is 0 Å². The van der Waals surface area contributed by atoms with Crippen molar-refractivity contribution in [1.29, 1.82) is 0 Å². The average molecular weight is 278 g/mol. The van der Waals surface area contributed by atoms with Crippen LogP contribution in [0.1, 0.15) is 39.2 Å². The van der Waals surface area contributed by atoms with E-state index in [0.717, 1.165) is 24.2 Å². The highest BCUT2D eigenvalue weighted by Crippen LogP contribution is 2.24. The van der Waals surface area contributed by atoms with Crippen molar-refractivity contribution in [2.24, 2.45) is 5.73 Å². The number of hydrogen-bond donors (Lipinski definition) is 2. The van der Waals surface area contributed by atoms with Crippen molar-refractivity contribution in [3.8, 4) is 5.75 Å². The van der Waals surface area contributed by atoms with Gasteiger partial charge in [-0.1, -0.05) is 39.3 Å². The van der Waals surface area contributed by atoms with Gasteiger partial charge in [0.1, 0.15) is 5.75 Å². The smallest absolute Gasteiger partial charge is 0.236 e. The van der Waals surface area contributed by atoms with Gasteiger partial charge in [-0.05, 0) is 24.1 Å². The number of methoxy groups -OCH3 is 1. The van der Waals surface area contributed by atoms with Crippen LogP contribution in [-0.2, 0) is 10.2 Å². The van der Waals surface area contributed by atoms with Crippen molar-refractivity contribution < 1.29 is 9.53 Å². The molecule has 0 fully saturated rings. The first-order valence-electron chi connectivity index (χ1n) is 7.08. The first kappa shape index (κ1) is 16.5. The maximum atomic E-state index is 11.9. The van der Waals surface area contributed by atoms with E-state index in [1.807, 2.05) is 31.2 Å². The molecule has 1 unspecified atom stereocenters. The zero-order chi connectivity index (χ0) is 15.2. The average Bonchev–Trinajstić information content (AvgIpc) is 2.45. The van der Waals surface area contributed by atoms with Crippen molar-refractivity contribution in [3.63, 3.8) is 0 Å². The Morgan fingerprint density at radius 1 is 1.35 bits per heavy atom. The van der Waals surface area contributed by atoms with Gasteiger partial charge in [0.05, 0.1) is 13.2 Å². The van der Waals surface area contributed by atoms with E-state index >= 15 is 0 Å². The third kappa shape index (κ3) is 4.53. The van der Waals surface area contributed by atoms with Gasteiger partial charge < -0.3 is 15.8 Å². The van der Waals surface area contributed by atoms with Crippen molar-refractivity contribution in [1.82, 2.24) is 5.32 Å². The van der Waals surface area contributed by atoms with Gasteiger partial charge in [-0.3, -0.25) is 4.79 Å². The maximum absolute atomic E-state index is 11.9. The van der Waals surface area contributed by atoms with E-state index in [4.69, 9.17) is 10.5 Å². The zero-order valence-corrected chi connectivity index (χ0v) is 12.9. The molecule has 0 aliphatic carbocycles. The molecule has 1 atom stereocenters. The van der Waals surface area contributed by atoms with Gasteiger partial charge in [-0.25, -0.2) is 0 Å². The fourth-order valence-corrected chi connectivity index (χ4v) is 2.03. The summed E-state index contributed by atoms with van der Waals surface area (Å²) < 4.78 is 5.15. The van der Waals surface area contributed by atoms with E-state index in [9.17, 15) is 4.79 Å². The Hall–Kier alpha value is -1.55. The topological polar surface area (TPSA) is 64.4 Å². The summed E-state index contributed by atoms with van der Waals surface area (Å²) >= 11 is 0. The highest BCUT2D eigenvalue weighted by Gasteiger charge is 2.22. The SMILES string of the molecule is CCCC(N)C(=O)NCC(C)(C)c1ccc(OC)cc1. The van der Waals surface area contributed by atoms with Crippen LogP contribution < -0.4 is 15.8 Å². The number of carbonyl (C=O) groups excluding carboxylic acids is 1. The van der Waals surface area contributed by atoms with Crippen LogP contribution in [0.4, 0.5) is 0 Å². The monoisotopic (exact) mass is 278 g/mol. The van der Waals surface area contributed by atoms with Gasteiger partial charge in [0.15, 0.2) is 0 Å². The summed E-state index contributed by atoms with van der Waals surface area (Å²) in [6.07, 6.45) is 1.63. The molecule has 112 valence electrons. The number of nitrogens with two attached hydrogens (primary N) is 1. The van der Waals surface area contributed by atoms with Gasteiger partial charge >= 0.3 is 0 Å². The van der Waals surface area contributed by atoms with Crippen LogP contribution in [0.25, 0.3) is 0 Å². The van der Waals surface area contributed by atoms with Crippen LogP contribution in [-0.4, -0.2) is 25.6 Å². The highest BCUT2D eigenvalue weighted by atomic mass is 16.5. The predicted octanol–water partition coefficient (Wildman–Crippen LogP) is 2.22. The Morgan fingerprint density at radius 3 is 2.45 bits per heavy atom. The first-order chi connectivity index (χ1) is 9.40. The number of rotatable bonds is 7. The summed E-state index contributed by atoms with van der Waals surface area (Å²) in [6.45, 7) is 6.78. The number of nitrogens with one attached hydrogen (secondary N) is 1. The van der Waals surface area contributed by atoms with Crippen LogP contribution in [0, 0.1) is 0 Å². The number of benzene rings is 1. The molecule has 0 heterocycles. The molecule has 1 rings (SSSR count). The van der Waals surface area contributed by atoms with Crippen LogP contribution >= 0.6 is 0 Å². The molecule has 3 N–H and O–H groups in total. The minimum Gasteiger partial charge on any atom is -0.497 e. The second kappa shape index (κ2) is 7.29. The molecule has 0 saturated heterocycles. The Balaban J connectivity index is 2.62. The summed E-state index contributed by atoms with van der Waals surface area (Å²) in [5.41, 5.74) is 6.82. The quantitative estimate of drug-likeness (QED) is 0.804. The number of carbonyl (C=O) groups is 1. The lowest BCUT2D eigenvalue weighted by molar-refractivity contribution is -0.122. The van der Waals surface area contributed by atoms with Crippen molar-refractivity contribution in [2.75, 3.05) is 13.7 Å². The van der Waals surface area contributed by atoms with Crippen LogP contribution in [0.5, 0.6) is 5.75 Å². The third-order valence-corrected chi connectivity index (χ3v) is 3.51. The molecule has 4 nitrogen and oxygen atoms in total. The molecule has 20 heavy (non-hydrogen) atoms. The van der Waals surface area contributed by atoms with Crippen LogP contribution in [0.15, 0.2) is 24.3 Å². The van der Waals surface area contributed by atoms with E-state index in [0.29, 0.717) is 6.54 Å². The summed E-state index contributed by atoms with van der Waals surface area (Å²) in [6, 6.07) is 7.50. The lowest BCUT2D eigenvalue weighted by Crippen LogP contribution is -2.45. The molecule has 1 amide bonds. The number of amides is 1. The Bertz CT molecular complexity index is 427. The molecule has 4 heteroatoms. The fourth-order valence-electron chi connectivity index (χ4n) is 2.03. The lowest BCUT2D eigenvalue weighted by atomic mass is 9.84. The molecule has 0 bridgehead atoms. The molecule has 1 aromatic carbocycles. The molecule has 0 aliphatic rings. The summed E-state index contributed by atoms with van der Waals surface area (Å²) in [4.78, 5) is 11.9. The normalized spacial score (nSPS) is 12.8. The van der Waals surface area contributed by atoms with E-state index in [1.54, 1.807) is 7.11 Å². The van der Waals surface area contributed by atoms with E-state index < -0.39 is 6.04 Å². The van der Waals surface area contributed by atoms with E-state index in [-0.39, 0.29) is 11.3 Å². The zero-order valence-electron chi connectivity index (χ0n) is 12.9. The fraction of sp³-hybridized carbons (Fsp3) is 0.562. The van der Waals surface area contributed by atoms with Crippen LogP contribution in [0.3, 0.4) is 0 Å². The van der Waals surface area contributed by atoms with Gasteiger partial charge in [0.2, 0.25) is 5.91 Å².